The lowest BCUT2D eigenvalue weighted by molar-refractivity contribution is -0.143. The summed E-state index contributed by atoms with van der Waals surface area (Å²) in [7, 11) is 0. The summed E-state index contributed by atoms with van der Waals surface area (Å²) in [5.41, 5.74) is 0. The summed E-state index contributed by atoms with van der Waals surface area (Å²) in [6.07, 6.45) is 91.5. The van der Waals surface area contributed by atoms with E-state index in [1.807, 2.05) is 6.08 Å². The summed E-state index contributed by atoms with van der Waals surface area (Å²) in [5, 5.41) is 23.2. The Bertz CT molecular complexity index is 1380. The van der Waals surface area contributed by atoms with Crippen molar-refractivity contribution in [3.05, 3.63) is 60.8 Å². The van der Waals surface area contributed by atoms with Gasteiger partial charge in [0.15, 0.2) is 0 Å². The minimum Gasteiger partial charge on any atom is -0.466 e. The number of hydrogen-bond acceptors (Lipinski definition) is 5. The predicted octanol–water partition coefficient (Wildman–Crippen LogP) is 23.0. The van der Waals surface area contributed by atoms with Gasteiger partial charge in [0.05, 0.1) is 25.4 Å². The lowest BCUT2D eigenvalue weighted by Crippen LogP contribution is -2.45. The van der Waals surface area contributed by atoms with Gasteiger partial charge in [0.25, 0.3) is 0 Å². The molecule has 0 saturated heterocycles. The third-order valence-corrected chi connectivity index (χ3v) is 16.3. The first-order chi connectivity index (χ1) is 39.5. The number of unbranched alkanes of at least 4 members (excludes halogenated alkanes) is 47. The minimum atomic E-state index is -0.851. The van der Waals surface area contributed by atoms with Gasteiger partial charge in [-0.15, -0.1) is 0 Å². The fourth-order valence-corrected chi connectivity index (χ4v) is 10.8. The first-order valence-electron chi connectivity index (χ1n) is 35.6. The maximum absolute atomic E-state index is 12.5. The molecule has 6 heteroatoms. The van der Waals surface area contributed by atoms with Crippen LogP contribution >= 0.6 is 0 Å². The van der Waals surface area contributed by atoms with Crippen molar-refractivity contribution in [1.82, 2.24) is 5.32 Å². The largest absolute Gasteiger partial charge is 0.466 e. The number of carbonyl (C=O) groups excluding carboxylic acids is 2. The number of esters is 1. The molecule has 0 aliphatic carbocycles. The molecule has 6 nitrogen and oxygen atoms in total. The lowest BCUT2D eigenvalue weighted by Gasteiger charge is -2.20. The quantitative estimate of drug-likeness (QED) is 0.0320. The SMILES string of the molecule is CCCCC/C=C\C/C=C\CCCCCCCCCC(=O)OCCCCCCCCCCC/C=C\C/C=C\CCCCCCCCCCCC(=O)NC(CO)C(O)/C=C/CCCCCCCCCCCCCCCCCCCCC. The highest BCUT2D eigenvalue weighted by atomic mass is 16.5. The molecule has 0 aromatic heterocycles. The van der Waals surface area contributed by atoms with Gasteiger partial charge in [-0.3, -0.25) is 9.59 Å². The van der Waals surface area contributed by atoms with Gasteiger partial charge in [-0.05, 0) is 96.3 Å². The van der Waals surface area contributed by atoms with Crippen LogP contribution in [0.3, 0.4) is 0 Å². The zero-order valence-electron chi connectivity index (χ0n) is 53.6. The number of carbonyl (C=O) groups is 2. The smallest absolute Gasteiger partial charge is 0.305 e. The third-order valence-electron chi connectivity index (χ3n) is 16.3. The van der Waals surface area contributed by atoms with E-state index in [-0.39, 0.29) is 18.5 Å². The van der Waals surface area contributed by atoms with Gasteiger partial charge in [0.2, 0.25) is 5.91 Å². The molecule has 0 fully saturated rings. The molecule has 0 saturated carbocycles. The molecule has 80 heavy (non-hydrogen) atoms. The number of ether oxygens (including phenoxy) is 1. The van der Waals surface area contributed by atoms with Crippen LogP contribution in [-0.2, 0) is 14.3 Å². The van der Waals surface area contributed by atoms with Crippen molar-refractivity contribution in [2.75, 3.05) is 13.2 Å². The van der Waals surface area contributed by atoms with Gasteiger partial charge in [0, 0.05) is 12.8 Å². The number of aliphatic hydroxyl groups excluding tert-OH is 2. The van der Waals surface area contributed by atoms with E-state index in [0.717, 1.165) is 57.8 Å². The van der Waals surface area contributed by atoms with Crippen LogP contribution in [0.15, 0.2) is 60.8 Å². The van der Waals surface area contributed by atoms with Crippen molar-refractivity contribution in [2.24, 2.45) is 0 Å². The molecule has 0 aliphatic heterocycles. The summed E-state index contributed by atoms with van der Waals surface area (Å²) >= 11 is 0. The van der Waals surface area contributed by atoms with Gasteiger partial charge < -0.3 is 20.3 Å². The van der Waals surface area contributed by atoms with Gasteiger partial charge in [-0.25, -0.2) is 0 Å². The molecule has 0 aromatic rings. The number of amides is 1. The van der Waals surface area contributed by atoms with E-state index in [9.17, 15) is 19.8 Å². The highest BCUT2D eigenvalue weighted by Crippen LogP contribution is 2.18. The van der Waals surface area contributed by atoms with Crippen molar-refractivity contribution in [2.45, 2.75) is 386 Å². The Kier molecular flexibility index (Phi) is 66.9. The topological polar surface area (TPSA) is 95.9 Å². The normalized spacial score (nSPS) is 12.9. The molecular weight excluding hydrogens is 983 g/mol. The summed E-state index contributed by atoms with van der Waals surface area (Å²) in [5.74, 6) is -0.0709. The van der Waals surface area contributed by atoms with Crippen LogP contribution in [0.25, 0.3) is 0 Å². The molecule has 1 amide bonds. The second-order valence-electron chi connectivity index (χ2n) is 24.2. The molecule has 0 radical (unpaired) electrons. The minimum absolute atomic E-state index is 0.000755. The number of rotatable bonds is 66. The molecule has 2 atom stereocenters. The van der Waals surface area contributed by atoms with Gasteiger partial charge >= 0.3 is 5.97 Å². The number of hydrogen-bond donors (Lipinski definition) is 3. The number of aliphatic hydroxyl groups is 2. The molecule has 0 spiro atoms. The summed E-state index contributed by atoms with van der Waals surface area (Å²) in [6, 6.07) is -0.635. The van der Waals surface area contributed by atoms with Crippen LogP contribution < -0.4 is 5.32 Å². The number of allylic oxidation sites excluding steroid dienone is 9. The van der Waals surface area contributed by atoms with Crippen molar-refractivity contribution >= 4 is 11.9 Å². The van der Waals surface area contributed by atoms with Crippen molar-refractivity contribution in [3.63, 3.8) is 0 Å². The Labute approximate surface area is 499 Å². The Balaban J connectivity index is 3.46. The molecule has 0 heterocycles. The molecule has 2 unspecified atom stereocenters. The Morgan fingerprint density at radius 1 is 0.350 bits per heavy atom. The van der Waals surface area contributed by atoms with E-state index in [4.69, 9.17) is 4.74 Å². The fourth-order valence-electron chi connectivity index (χ4n) is 10.8. The molecule has 3 N–H and O–H groups in total. The van der Waals surface area contributed by atoms with Crippen molar-refractivity contribution < 1.29 is 24.5 Å². The lowest BCUT2D eigenvalue weighted by atomic mass is 10.0. The highest BCUT2D eigenvalue weighted by Gasteiger charge is 2.18. The second kappa shape index (κ2) is 69.1. The molecule has 0 aromatic carbocycles. The summed E-state index contributed by atoms with van der Waals surface area (Å²) in [6.45, 7) is 4.89. The highest BCUT2D eigenvalue weighted by molar-refractivity contribution is 5.76. The Morgan fingerprint density at radius 3 is 0.975 bits per heavy atom. The average Bonchev–Trinajstić information content (AvgIpc) is 3.46. The van der Waals surface area contributed by atoms with Gasteiger partial charge in [-0.1, -0.05) is 325 Å². The van der Waals surface area contributed by atoms with Crippen LogP contribution in [0.2, 0.25) is 0 Å². The monoisotopic (exact) mass is 1120 g/mol. The molecule has 468 valence electrons. The second-order valence-corrected chi connectivity index (χ2v) is 24.2. The zero-order valence-corrected chi connectivity index (χ0v) is 53.6. The van der Waals surface area contributed by atoms with E-state index in [1.54, 1.807) is 6.08 Å². The van der Waals surface area contributed by atoms with Crippen LogP contribution in [-0.4, -0.2) is 47.4 Å². The van der Waals surface area contributed by atoms with Crippen LogP contribution in [0.1, 0.15) is 373 Å². The summed E-state index contributed by atoms with van der Waals surface area (Å²) in [4.78, 5) is 24.6. The van der Waals surface area contributed by atoms with Gasteiger partial charge in [-0.2, -0.15) is 0 Å². The van der Waals surface area contributed by atoms with E-state index >= 15 is 0 Å². The van der Waals surface area contributed by atoms with Crippen LogP contribution in [0, 0.1) is 0 Å². The van der Waals surface area contributed by atoms with Gasteiger partial charge in [0.1, 0.15) is 0 Å². The fraction of sp³-hybridized carbons (Fsp3) is 0.838. The van der Waals surface area contributed by atoms with Crippen molar-refractivity contribution in [1.29, 1.82) is 0 Å². The number of nitrogens with one attached hydrogen (secondary N) is 1. The summed E-state index contributed by atoms with van der Waals surface area (Å²) < 4.78 is 5.49. The molecular formula is C74H137NO5. The molecule has 0 bridgehead atoms. The maximum atomic E-state index is 12.5. The first kappa shape index (κ1) is 77.6. The maximum Gasteiger partial charge on any atom is 0.305 e. The molecule has 0 rings (SSSR count). The Morgan fingerprint density at radius 2 is 0.625 bits per heavy atom. The van der Waals surface area contributed by atoms with Crippen LogP contribution in [0.5, 0.6) is 0 Å². The predicted molar refractivity (Wildman–Crippen MR) is 352 cm³/mol. The molecule has 0 aliphatic rings. The average molecular weight is 1120 g/mol. The third kappa shape index (κ3) is 64.7. The van der Waals surface area contributed by atoms with E-state index in [0.29, 0.717) is 19.4 Å². The zero-order chi connectivity index (χ0) is 57.8. The van der Waals surface area contributed by atoms with Crippen molar-refractivity contribution in [3.8, 4) is 0 Å². The van der Waals surface area contributed by atoms with Crippen LogP contribution in [0.4, 0.5) is 0 Å². The Hall–Kier alpha value is -2.44. The van der Waals surface area contributed by atoms with E-state index in [2.05, 4.69) is 67.8 Å². The van der Waals surface area contributed by atoms with E-state index in [1.165, 1.54) is 289 Å². The first-order valence-corrected chi connectivity index (χ1v) is 35.6. The standard InChI is InChI=1S/C74H137NO5/c1-3-5-7-9-11-13-15-17-19-21-22-28-31-35-38-42-46-50-54-58-62-66-72(77)71(70-76)75-73(78)67-63-59-55-51-47-43-39-36-32-29-26-24-23-25-27-30-33-37-41-45-49-53-57-61-65-69-80-74(79)68-64-60-56-52-48-44-40-34-20-18-16-14-12-10-8-6-4-2/h12,14,18,20,24-27,62,66,71-72,76-77H,3-11,13,15-17,19,21-23,28-61,63-65,67-70H2,1-2H3,(H,75,78)/b14-12-,20-18-,26-24-,27-25-,66-62+. The van der Waals surface area contributed by atoms with E-state index < -0.39 is 12.1 Å².